The van der Waals surface area contributed by atoms with Gasteiger partial charge in [0, 0.05) is 77.1 Å². The van der Waals surface area contributed by atoms with E-state index in [1.165, 1.54) is 51.7 Å². The van der Waals surface area contributed by atoms with Gasteiger partial charge in [0.1, 0.15) is 18.1 Å². The Balaban J connectivity index is 0.973. The average molecular weight is 616 g/mol. The highest BCUT2D eigenvalue weighted by atomic mass is 16.2. The van der Waals surface area contributed by atoms with E-state index in [0.717, 1.165) is 49.4 Å². The maximum absolute atomic E-state index is 13.2. The minimum Gasteiger partial charge on any atom is -0.371 e. The molecular formula is C34H45N7O4. The first-order valence-corrected chi connectivity index (χ1v) is 16.4. The second-order valence-electron chi connectivity index (χ2n) is 13.3. The van der Waals surface area contributed by atoms with Crippen LogP contribution in [-0.4, -0.2) is 98.2 Å². The van der Waals surface area contributed by atoms with Crippen LogP contribution in [0.4, 0.5) is 17.2 Å². The highest BCUT2D eigenvalue weighted by molar-refractivity contribution is 6.01. The summed E-state index contributed by atoms with van der Waals surface area (Å²) in [6, 6.07) is 9.35. The molecule has 2 atom stereocenters. The minimum absolute atomic E-state index is 0.135. The molecule has 3 saturated heterocycles. The van der Waals surface area contributed by atoms with Crippen molar-refractivity contribution in [3.63, 3.8) is 0 Å². The summed E-state index contributed by atoms with van der Waals surface area (Å²) in [6.07, 6.45) is 9.86. The summed E-state index contributed by atoms with van der Waals surface area (Å²) in [4.78, 5) is 60.8. The van der Waals surface area contributed by atoms with Crippen molar-refractivity contribution in [3.8, 4) is 0 Å². The number of benzene rings is 1. The number of likely N-dealkylation sites (tertiary alicyclic amines) is 1. The molecule has 2 unspecified atom stereocenters. The Morgan fingerprint density at radius 1 is 1.04 bits per heavy atom. The number of nitrogens with one attached hydrogen (secondary N) is 2. The van der Waals surface area contributed by atoms with E-state index in [-0.39, 0.29) is 18.2 Å². The van der Waals surface area contributed by atoms with Gasteiger partial charge in [0.25, 0.3) is 5.91 Å². The van der Waals surface area contributed by atoms with Crippen LogP contribution >= 0.6 is 0 Å². The zero-order valence-electron chi connectivity index (χ0n) is 26.2. The lowest BCUT2D eigenvalue weighted by molar-refractivity contribution is -0.125. The molecule has 0 bridgehead atoms. The minimum atomic E-state index is -0.640. The maximum atomic E-state index is 13.2. The second kappa shape index (κ2) is 13.6. The first-order valence-electron chi connectivity index (χ1n) is 16.4. The SMILES string of the molecule is CNC(=O)C(CCC=O)N1Cc2cc(N3CCC4(CC3)CN(CC3CCCN(c5ccc(NC=O)nc5)CC3)C4)ccc2C1=O. The van der Waals surface area contributed by atoms with E-state index in [1.807, 2.05) is 30.5 Å². The highest BCUT2D eigenvalue weighted by Gasteiger charge is 2.45. The predicted molar refractivity (Wildman–Crippen MR) is 173 cm³/mol. The first kappa shape index (κ1) is 31.0. The normalized spacial score (nSPS) is 21.9. The number of carbonyl (C=O) groups is 4. The molecule has 6 rings (SSSR count). The number of aldehydes is 1. The van der Waals surface area contributed by atoms with Gasteiger partial charge in [0.05, 0.1) is 11.9 Å². The van der Waals surface area contributed by atoms with Gasteiger partial charge in [-0.3, -0.25) is 14.4 Å². The van der Waals surface area contributed by atoms with Gasteiger partial charge in [-0.1, -0.05) is 0 Å². The first-order chi connectivity index (χ1) is 21.9. The number of hydrogen-bond donors (Lipinski definition) is 2. The van der Waals surface area contributed by atoms with E-state index in [2.05, 4.69) is 36.4 Å². The average Bonchev–Trinajstić information content (AvgIpc) is 3.19. The number of aromatic nitrogens is 1. The lowest BCUT2D eigenvalue weighted by Crippen LogP contribution is -2.61. The van der Waals surface area contributed by atoms with Crippen molar-refractivity contribution >= 4 is 41.7 Å². The molecule has 1 aromatic heterocycles. The predicted octanol–water partition coefficient (Wildman–Crippen LogP) is 2.91. The smallest absolute Gasteiger partial charge is 0.255 e. The van der Waals surface area contributed by atoms with Crippen LogP contribution in [-0.2, 0) is 20.9 Å². The number of carbonyl (C=O) groups excluding carboxylic acids is 4. The van der Waals surface area contributed by atoms with Crippen molar-refractivity contribution in [3.05, 3.63) is 47.7 Å². The Bertz CT molecular complexity index is 1380. The monoisotopic (exact) mass is 615 g/mol. The molecule has 0 aliphatic carbocycles. The van der Waals surface area contributed by atoms with Gasteiger partial charge in [0.15, 0.2) is 0 Å². The summed E-state index contributed by atoms with van der Waals surface area (Å²) in [5.74, 6) is 0.925. The van der Waals surface area contributed by atoms with Crippen LogP contribution in [0.3, 0.4) is 0 Å². The maximum Gasteiger partial charge on any atom is 0.255 e. The van der Waals surface area contributed by atoms with E-state index >= 15 is 0 Å². The molecule has 45 heavy (non-hydrogen) atoms. The molecule has 0 radical (unpaired) electrons. The van der Waals surface area contributed by atoms with Gasteiger partial charge in [-0.05, 0) is 85.8 Å². The number of nitrogens with zero attached hydrogens (tertiary/aromatic N) is 5. The molecule has 4 aliphatic heterocycles. The zero-order valence-corrected chi connectivity index (χ0v) is 26.2. The fraction of sp³-hybridized carbons (Fsp3) is 0.559. The van der Waals surface area contributed by atoms with Crippen LogP contribution in [0.1, 0.15) is 60.9 Å². The Hall–Kier alpha value is -3.99. The third-order valence-electron chi connectivity index (χ3n) is 10.4. The lowest BCUT2D eigenvalue weighted by Gasteiger charge is -2.55. The van der Waals surface area contributed by atoms with Gasteiger partial charge in [-0.2, -0.15) is 0 Å². The van der Waals surface area contributed by atoms with Crippen LogP contribution in [0, 0.1) is 11.3 Å². The standard InChI is InChI=1S/C34H45N7O4/c1-35-32(44)30(5-3-17-42)41-21-26-18-27(6-8-29(26)33(41)45)40-15-11-34(12-16-40)22-38(23-34)20-25-4-2-13-39(14-10-25)28-7-9-31(36-19-28)37-24-43/h6-9,17-19,24-25,30H,2-5,10-16,20-23H2,1H3,(H,35,44)(H,36,37,43). The molecule has 1 aromatic carbocycles. The van der Waals surface area contributed by atoms with E-state index in [0.29, 0.717) is 42.1 Å². The molecular weight excluding hydrogens is 570 g/mol. The number of hydrogen-bond acceptors (Lipinski definition) is 8. The molecule has 2 aromatic rings. The molecule has 0 saturated carbocycles. The van der Waals surface area contributed by atoms with Crippen LogP contribution < -0.4 is 20.4 Å². The van der Waals surface area contributed by atoms with Gasteiger partial charge < -0.3 is 35.0 Å². The Kier molecular flexibility index (Phi) is 9.34. The number of rotatable bonds is 11. The van der Waals surface area contributed by atoms with E-state index in [9.17, 15) is 19.2 Å². The Labute approximate surface area is 265 Å². The van der Waals surface area contributed by atoms with Crippen LogP contribution in [0.5, 0.6) is 0 Å². The van der Waals surface area contributed by atoms with Crippen molar-refractivity contribution in [2.45, 2.75) is 57.5 Å². The largest absolute Gasteiger partial charge is 0.371 e. The Morgan fingerprint density at radius 3 is 2.53 bits per heavy atom. The van der Waals surface area contributed by atoms with Crippen LogP contribution in [0.15, 0.2) is 36.5 Å². The molecule has 5 heterocycles. The number of anilines is 3. The topological polar surface area (TPSA) is 118 Å². The number of pyridine rings is 1. The van der Waals surface area contributed by atoms with Crippen LogP contribution in [0.25, 0.3) is 0 Å². The van der Waals surface area contributed by atoms with E-state index < -0.39 is 6.04 Å². The number of fused-ring (bicyclic) bond motifs is 1. The number of amides is 3. The molecule has 1 spiro atoms. The third-order valence-corrected chi connectivity index (χ3v) is 10.4. The van der Waals surface area contributed by atoms with Crippen molar-refractivity contribution in [1.82, 2.24) is 20.1 Å². The third kappa shape index (κ3) is 6.68. The summed E-state index contributed by atoms with van der Waals surface area (Å²) >= 11 is 0. The quantitative estimate of drug-likeness (QED) is 0.371. The molecule has 3 amide bonds. The fourth-order valence-corrected chi connectivity index (χ4v) is 7.88. The number of likely N-dealkylation sites (N-methyl/N-ethyl adjacent to an activating group) is 1. The van der Waals surface area contributed by atoms with Crippen LogP contribution in [0.2, 0.25) is 0 Å². The van der Waals surface area contributed by atoms with E-state index in [1.54, 1.807) is 11.9 Å². The van der Waals surface area contributed by atoms with Crippen molar-refractivity contribution < 1.29 is 19.2 Å². The van der Waals surface area contributed by atoms with Crippen molar-refractivity contribution in [1.29, 1.82) is 0 Å². The van der Waals surface area contributed by atoms with E-state index in [4.69, 9.17) is 0 Å². The van der Waals surface area contributed by atoms with Gasteiger partial charge in [-0.15, -0.1) is 0 Å². The van der Waals surface area contributed by atoms with Gasteiger partial charge >= 0.3 is 0 Å². The molecule has 11 heteroatoms. The molecule has 2 N–H and O–H groups in total. The highest BCUT2D eigenvalue weighted by Crippen LogP contribution is 2.42. The summed E-state index contributed by atoms with van der Waals surface area (Å²) in [7, 11) is 1.56. The van der Waals surface area contributed by atoms with Crippen molar-refractivity contribution in [2.75, 3.05) is 68.0 Å². The molecule has 3 fully saturated rings. The Morgan fingerprint density at radius 2 is 1.82 bits per heavy atom. The zero-order chi connectivity index (χ0) is 31.4. The number of piperidine rings is 1. The molecule has 240 valence electrons. The summed E-state index contributed by atoms with van der Waals surface area (Å²) in [5.41, 5.74) is 4.30. The fourth-order valence-electron chi connectivity index (χ4n) is 7.88. The van der Waals surface area contributed by atoms with Crippen molar-refractivity contribution in [2.24, 2.45) is 11.3 Å². The van der Waals surface area contributed by atoms with Gasteiger partial charge in [0.2, 0.25) is 12.3 Å². The molecule has 4 aliphatic rings. The summed E-state index contributed by atoms with van der Waals surface area (Å²) in [6.45, 7) is 8.05. The lowest BCUT2D eigenvalue weighted by atomic mass is 9.71. The summed E-state index contributed by atoms with van der Waals surface area (Å²) in [5, 5.41) is 5.25. The second-order valence-corrected chi connectivity index (χ2v) is 13.3. The summed E-state index contributed by atoms with van der Waals surface area (Å²) < 4.78 is 0. The molecule has 11 nitrogen and oxygen atoms in total. The van der Waals surface area contributed by atoms with Gasteiger partial charge in [-0.25, -0.2) is 4.98 Å².